The lowest BCUT2D eigenvalue weighted by Gasteiger charge is -2.24. The van der Waals surface area contributed by atoms with E-state index in [2.05, 4.69) is 15.6 Å². The van der Waals surface area contributed by atoms with Gasteiger partial charge in [0.05, 0.1) is 11.9 Å². The minimum atomic E-state index is 0.588. The van der Waals surface area contributed by atoms with Crippen molar-refractivity contribution in [1.29, 1.82) is 0 Å². The molecule has 1 aromatic heterocycles. The smallest absolute Gasteiger partial charge is 0.171 e. The number of fused-ring (bicyclic) bond motifs is 2. The fourth-order valence-electron chi connectivity index (χ4n) is 3.19. The number of nitrogens with one attached hydrogen (secondary N) is 2. The van der Waals surface area contributed by atoms with Crippen LogP contribution in [0, 0.1) is 11.8 Å². The van der Waals surface area contributed by atoms with Gasteiger partial charge in [0.2, 0.25) is 0 Å². The molecule has 1 heterocycles. The van der Waals surface area contributed by atoms with Gasteiger partial charge in [-0.05, 0) is 55.4 Å². The van der Waals surface area contributed by atoms with Gasteiger partial charge in [-0.15, -0.1) is 0 Å². The molecule has 3 nitrogen and oxygen atoms in total. The van der Waals surface area contributed by atoms with Crippen molar-refractivity contribution in [3.05, 3.63) is 24.5 Å². The largest absolute Gasteiger partial charge is 0.359 e. The summed E-state index contributed by atoms with van der Waals surface area (Å²) in [5, 5.41) is 7.37. The number of pyridine rings is 1. The molecule has 3 rings (SSSR count). The first-order chi connectivity index (χ1) is 8.31. The van der Waals surface area contributed by atoms with E-state index in [0.717, 1.165) is 22.6 Å². The molecule has 2 bridgehead atoms. The van der Waals surface area contributed by atoms with Crippen LogP contribution in [0.4, 0.5) is 5.69 Å². The third-order valence-electron chi connectivity index (χ3n) is 3.97. The van der Waals surface area contributed by atoms with Crippen LogP contribution in [0.15, 0.2) is 24.5 Å². The van der Waals surface area contributed by atoms with E-state index in [-0.39, 0.29) is 0 Å². The third-order valence-corrected chi connectivity index (χ3v) is 4.19. The van der Waals surface area contributed by atoms with Crippen LogP contribution >= 0.6 is 12.2 Å². The predicted molar refractivity (Wildman–Crippen MR) is 72.8 cm³/mol. The minimum Gasteiger partial charge on any atom is -0.359 e. The summed E-state index contributed by atoms with van der Waals surface area (Å²) in [4.78, 5) is 4.06. The molecule has 2 saturated carbocycles. The van der Waals surface area contributed by atoms with Crippen LogP contribution in [-0.4, -0.2) is 16.1 Å². The van der Waals surface area contributed by atoms with Gasteiger partial charge in [0.25, 0.3) is 0 Å². The highest BCUT2D eigenvalue weighted by atomic mass is 32.1. The first kappa shape index (κ1) is 11.0. The Labute approximate surface area is 107 Å². The number of aromatic nitrogens is 1. The van der Waals surface area contributed by atoms with Gasteiger partial charge in [0.15, 0.2) is 5.11 Å². The lowest BCUT2D eigenvalue weighted by atomic mass is 9.96. The van der Waals surface area contributed by atoms with E-state index in [0.29, 0.717) is 6.04 Å². The molecule has 2 N–H and O–H groups in total. The van der Waals surface area contributed by atoms with Crippen molar-refractivity contribution in [3.8, 4) is 0 Å². The van der Waals surface area contributed by atoms with Crippen LogP contribution in [0.25, 0.3) is 0 Å². The highest BCUT2D eigenvalue weighted by Crippen LogP contribution is 2.44. The van der Waals surface area contributed by atoms with Crippen molar-refractivity contribution >= 4 is 23.0 Å². The fraction of sp³-hybridized carbons (Fsp3) is 0.538. The molecule has 0 unspecified atom stereocenters. The summed E-state index contributed by atoms with van der Waals surface area (Å²) in [5.41, 5.74) is 0.952. The van der Waals surface area contributed by atoms with Crippen LogP contribution in [0.1, 0.15) is 25.7 Å². The molecule has 0 spiro atoms. The molecule has 2 fully saturated rings. The van der Waals surface area contributed by atoms with Crippen molar-refractivity contribution in [1.82, 2.24) is 10.3 Å². The van der Waals surface area contributed by atoms with Crippen LogP contribution < -0.4 is 10.6 Å². The summed E-state index contributed by atoms with van der Waals surface area (Å²) in [6.07, 6.45) is 9.03. The summed E-state index contributed by atoms with van der Waals surface area (Å²) in [7, 11) is 0. The number of rotatable bonds is 2. The lowest BCUT2D eigenvalue weighted by Crippen LogP contribution is -2.40. The molecule has 0 aliphatic heterocycles. The van der Waals surface area contributed by atoms with Crippen molar-refractivity contribution in [2.45, 2.75) is 31.7 Å². The molecule has 3 atom stereocenters. The predicted octanol–water partition coefficient (Wildman–Crippen LogP) is 2.56. The summed E-state index contributed by atoms with van der Waals surface area (Å²) >= 11 is 5.34. The van der Waals surface area contributed by atoms with Gasteiger partial charge >= 0.3 is 0 Å². The molecule has 2 aliphatic carbocycles. The molecule has 0 amide bonds. The van der Waals surface area contributed by atoms with Crippen LogP contribution in [0.2, 0.25) is 0 Å². The Kier molecular flexibility index (Phi) is 2.97. The van der Waals surface area contributed by atoms with Gasteiger partial charge in [0.1, 0.15) is 0 Å². The molecular weight excluding hydrogens is 230 g/mol. The highest BCUT2D eigenvalue weighted by molar-refractivity contribution is 7.80. The Balaban J connectivity index is 1.54. The summed E-state index contributed by atoms with van der Waals surface area (Å²) in [5.74, 6) is 1.78. The van der Waals surface area contributed by atoms with Gasteiger partial charge in [-0.3, -0.25) is 4.98 Å². The van der Waals surface area contributed by atoms with Crippen LogP contribution in [0.3, 0.4) is 0 Å². The van der Waals surface area contributed by atoms with E-state index in [1.807, 2.05) is 12.1 Å². The molecule has 0 saturated heterocycles. The number of nitrogens with zero attached hydrogens (tertiary/aromatic N) is 1. The van der Waals surface area contributed by atoms with E-state index in [9.17, 15) is 0 Å². The maximum absolute atomic E-state index is 5.34. The number of anilines is 1. The average Bonchev–Trinajstić information content (AvgIpc) is 2.92. The second-order valence-electron chi connectivity index (χ2n) is 5.12. The number of thiocarbonyl (C=S) groups is 1. The fourth-order valence-corrected chi connectivity index (χ4v) is 3.46. The van der Waals surface area contributed by atoms with Crippen LogP contribution in [0.5, 0.6) is 0 Å². The summed E-state index contributed by atoms with van der Waals surface area (Å²) in [6.45, 7) is 0. The van der Waals surface area contributed by atoms with Gasteiger partial charge < -0.3 is 10.6 Å². The Hall–Kier alpha value is -1.16. The Morgan fingerprint density at radius 1 is 1.35 bits per heavy atom. The Morgan fingerprint density at radius 3 is 2.94 bits per heavy atom. The standard InChI is InChI=1S/C13H17N3S/c17-13(15-11-2-1-5-14-8-11)16-12-7-9-3-4-10(12)6-9/h1-2,5,8-10,12H,3-4,6-7H2,(H2,15,16,17)/t9-,10+,12-/m0/s1. The molecule has 90 valence electrons. The maximum Gasteiger partial charge on any atom is 0.171 e. The molecule has 0 radical (unpaired) electrons. The SMILES string of the molecule is S=C(Nc1cccnc1)N[C@H]1C[C@H]2CC[C@@H]1C2. The van der Waals surface area contributed by atoms with Crippen molar-refractivity contribution in [2.75, 3.05) is 5.32 Å². The number of hydrogen-bond donors (Lipinski definition) is 2. The second-order valence-corrected chi connectivity index (χ2v) is 5.53. The van der Waals surface area contributed by atoms with Crippen molar-refractivity contribution < 1.29 is 0 Å². The van der Waals surface area contributed by atoms with E-state index >= 15 is 0 Å². The van der Waals surface area contributed by atoms with E-state index in [1.54, 1.807) is 12.4 Å². The van der Waals surface area contributed by atoms with Crippen molar-refractivity contribution in [2.24, 2.45) is 11.8 Å². The van der Waals surface area contributed by atoms with Crippen LogP contribution in [-0.2, 0) is 0 Å². The van der Waals surface area contributed by atoms with E-state index < -0.39 is 0 Å². The van der Waals surface area contributed by atoms with Gasteiger partial charge in [-0.2, -0.15) is 0 Å². The first-order valence-electron chi connectivity index (χ1n) is 6.29. The molecule has 0 aromatic carbocycles. The Morgan fingerprint density at radius 2 is 2.29 bits per heavy atom. The third kappa shape index (κ3) is 2.41. The molecule has 2 aliphatic rings. The first-order valence-corrected chi connectivity index (χ1v) is 6.69. The molecule has 17 heavy (non-hydrogen) atoms. The average molecular weight is 247 g/mol. The highest BCUT2D eigenvalue weighted by Gasteiger charge is 2.39. The van der Waals surface area contributed by atoms with Crippen molar-refractivity contribution in [3.63, 3.8) is 0 Å². The van der Waals surface area contributed by atoms with E-state index in [4.69, 9.17) is 12.2 Å². The van der Waals surface area contributed by atoms with E-state index in [1.165, 1.54) is 25.7 Å². The minimum absolute atomic E-state index is 0.588. The monoisotopic (exact) mass is 247 g/mol. The quantitative estimate of drug-likeness (QED) is 0.788. The maximum atomic E-state index is 5.34. The zero-order valence-electron chi connectivity index (χ0n) is 9.73. The van der Waals surface area contributed by atoms with Gasteiger partial charge in [-0.25, -0.2) is 0 Å². The summed E-state index contributed by atoms with van der Waals surface area (Å²) in [6, 6.07) is 4.47. The molecule has 1 aromatic rings. The second kappa shape index (κ2) is 4.61. The molecule has 4 heteroatoms. The number of hydrogen-bond acceptors (Lipinski definition) is 2. The zero-order valence-corrected chi connectivity index (χ0v) is 10.5. The zero-order chi connectivity index (χ0) is 11.7. The van der Waals surface area contributed by atoms with Gasteiger partial charge in [-0.1, -0.05) is 6.42 Å². The Bertz CT molecular complexity index is 406. The normalized spacial score (nSPS) is 30.2. The van der Waals surface area contributed by atoms with Gasteiger partial charge in [0, 0.05) is 12.2 Å². The topological polar surface area (TPSA) is 37.0 Å². The molecular formula is C13H17N3S. The summed E-state index contributed by atoms with van der Waals surface area (Å²) < 4.78 is 0. The lowest BCUT2D eigenvalue weighted by molar-refractivity contribution is 0.392.